The molecule has 4 aromatic rings. The molecule has 1 fully saturated rings. The van der Waals surface area contributed by atoms with Gasteiger partial charge in [-0.3, -0.25) is 9.78 Å². The van der Waals surface area contributed by atoms with E-state index in [-0.39, 0.29) is 11.9 Å². The van der Waals surface area contributed by atoms with E-state index in [2.05, 4.69) is 63.8 Å². The van der Waals surface area contributed by atoms with E-state index in [1.54, 1.807) is 0 Å². The van der Waals surface area contributed by atoms with Crippen LogP contribution in [0.3, 0.4) is 0 Å². The number of amides is 1. The Morgan fingerprint density at radius 3 is 2.24 bits per heavy atom. The number of para-hydroxylation sites is 1. The number of aliphatic carboxylic acids is 1. The van der Waals surface area contributed by atoms with Crippen molar-refractivity contribution < 1.29 is 32.6 Å². The third kappa shape index (κ3) is 9.44. The Kier molecular flexibility index (Phi) is 12.0. The lowest BCUT2D eigenvalue weighted by Crippen LogP contribution is -2.43. The van der Waals surface area contributed by atoms with E-state index in [0.29, 0.717) is 31.1 Å². The SMILES string of the molecule is CCCNCc1ccc(-c2ccc(CN(C(=O)c3nn(-c4ccccc4)nc3C)C3CCOCC3)cc2)nc1.O=C(O)C(F)(F)F. The molecule has 0 aliphatic carbocycles. The van der Waals surface area contributed by atoms with Crippen molar-refractivity contribution in [2.45, 2.75) is 58.4 Å². The summed E-state index contributed by atoms with van der Waals surface area (Å²) in [6.07, 6.45) is -0.427. The van der Waals surface area contributed by atoms with Crippen molar-refractivity contribution >= 4 is 11.9 Å². The number of ether oxygens (including phenoxy) is 1. The minimum Gasteiger partial charge on any atom is -0.475 e. The van der Waals surface area contributed by atoms with Crippen molar-refractivity contribution in [3.63, 3.8) is 0 Å². The zero-order valence-electron chi connectivity index (χ0n) is 25.7. The number of hydrogen-bond donors (Lipinski definition) is 2. The molecule has 0 saturated carbocycles. The Hall–Kier alpha value is -4.62. The summed E-state index contributed by atoms with van der Waals surface area (Å²) in [5.74, 6) is -2.85. The van der Waals surface area contributed by atoms with Crippen LogP contribution in [0.5, 0.6) is 0 Å². The largest absolute Gasteiger partial charge is 0.490 e. The molecule has 5 rings (SSSR count). The van der Waals surface area contributed by atoms with Gasteiger partial charge in [-0.05, 0) is 62.1 Å². The van der Waals surface area contributed by atoms with Gasteiger partial charge in [0.2, 0.25) is 0 Å². The normalized spacial score (nSPS) is 13.5. The van der Waals surface area contributed by atoms with Crippen molar-refractivity contribution in [1.82, 2.24) is 30.2 Å². The van der Waals surface area contributed by atoms with Crippen LogP contribution >= 0.6 is 0 Å². The molecule has 3 heterocycles. The first-order valence-corrected chi connectivity index (χ1v) is 15.0. The van der Waals surface area contributed by atoms with Crippen molar-refractivity contribution in [2.75, 3.05) is 19.8 Å². The van der Waals surface area contributed by atoms with Gasteiger partial charge >= 0.3 is 12.1 Å². The second-order valence-electron chi connectivity index (χ2n) is 10.8. The van der Waals surface area contributed by atoms with Gasteiger partial charge in [0.05, 0.1) is 17.1 Å². The number of carbonyl (C=O) groups excluding carboxylic acids is 1. The van der Waals surface area contributed by atoms with E-state index < -0.39 is 12.1 Å². The van der Waals surface area contributed by atoms with Crippen molar-refractivity contribution in [3.8, 4) is 16.9 Å². The summed E-state index contributed by atoms with van der Waals surface area (Å²) in [5, 5.41) is 19.7. The molecule has 1 amide bonds. The first kappa shape index (κ1) is 34.3. The number of rotatable bonds is 10. The average Bonchev–Trinajstić information content (AvgIpc) is 3.46. The van der Waals surface area contributed by atoms with Crippen molar-refractivity contribution in [1.29, 1.82) is 0 Å². The molecule has 0 radical (unpaired) electrons. The van der Waals surface area contributed by atoms with Crippen LogP contribution in [-0.4, -0.2) is 73.8 Å². The van der Waals surface area contributed by atoms with Crippen LogP contribution in [0.15, 0.2) is 72.9 Å². The van der Waals surface area contributed by atoms with Crippen LogP contribution in [0.2, 0.25) is 0 Å². The van der Waals surface area contributed by atoms with E-state index in [9.17, 15) is 18.0 Å². The minimum atomic E-state index is -5.08. The Bertz CT molecular complexity index is 1560. The monoisotopic (exact) mass is 638 g/mol. The van der Waals surface area contributed by atoms with Gasteiger partial charge in [-0.2, -0.15) is 23.1 Å². The Balaban J connectivity index is 0.000000617. The summed E-state index contributed by atoms with van der Waals surface area (Å²) in [7, 11) is 0. The minimum absolute atomic E-state index is 0.0859. The lowest BCUT2D eigenvalue weighted by molar-refractivity contribution is -0.192. The zero-order chi connectivity index (χ0) is 33.1. The molecule has 1 aliphatic heterocycles. The maximum Gasteiger partial charge on any atom is 0.490 e. The summed E-state index contributed by atoms with van der Waals surface area (Å²) in [6, 6.07) is 22.3. The molecule has 2 aromatic carbocycles. The molecule has 0 bridgehead atoms. The highest BCUT2D eigenvalue weighted by molar-refractivity contribution is 5.93. The van der Waals surface area contributed by atoms with Crippen LogP contribution in [0.25, 0.3) is 16.9 Å². The van der Waals surface area contributed by atoms with Gasteiger partial charge in [0.1, 0.15) is 0 Å². The molecule has 13 heteroatoms. The van der Waals surface area contributed by atoms with Gasteiger partial charge in [0.15, 0.2) is 5.69 Å². The second kappa shape index (κ2) is 16.1. The van der Waals surface area contributed by atoms with Crippen LogP contribution in [-0.2, 0) is 22.6 Å². The van der Waals surface area contributed by atoms with Crippen LogP contribution in [0, 0.1) is 6.92 Å². The second-order valence-corrected chi connectivity index (χ2v) is 10.8. The third-order valence-corrected chi connectivity index (χ3v) is 7.29. The first-order chi connectivity index (χ1) is 22.1. The summed E-state index contributed by atoms with van der Waals surface area (Å²) < 4.78 is 37.3. The maximum absolute atomic E-state index is 13.9. The number of carboxylic acid groups (broad SMARTS) is 1. The topological polar surface area (TPSA) is 122 Å². The van der Waals surface area contributed by atoms with E-state index in [4.69, 9.17) is 14.6 Å². The molecule has 1 aliphatic rings. The van der Waals surface area contributed by atoms with Gasteiger partial charge in [-0.15, -0.1) is 5.10 Å². The molecule has 0 unspecified atom stereocenters. The number of pyridine rings is 1. The highest BCUT2D eigenvalue weighted by Crippen LogP contribution is 2.23. The summed E-state index contributed by atoms with van der Waals surface area (Å²) in [6.45, 7) is 7.63. The number of hydrogen-bond acceptors (Lipinski definition) is 7. The smallest absolute Gasteiger partial charge is 0.475 e. The van der Waals surface area contributed by atoms with E-state index in [1.807, 2.05) is 48.4 Å². The number of benzene rings is 2. The predicted molar refractivity (Wildman–Crippen MR) is 165 cm³/mol. The van der Waals surface area contributed by atoms with Crippen molar-refractivity contribution in [2.24, 2.45) is 0 Å². The summed E-state index contributed by atoms with van der Waals surface area (Å²) in [5.41, 5.74) is 6.06. The fourth-order valence-electron chi connectivity index (χ4n) is 4.84. The molecular weight excluding hydrogens is 601 g/mol. The molecular formula is C33H37F3N6O4. The predicted octanol–water partition coefficient (Wildman–Crippen LogP) is 5.59. The average molecular weight is 639 g/mol. The fraction of sp³-hybridized carbons (Fsp3) is 0.364. The molecule has 46 heavy (non-hydrogen) atoms. The molecule has 10 nitrogen and oxygen atoms in total. The highest BCUT2D eigenvalue weighted by atomic mass is 19.4. The summed E-state index contributed by atoms with van der Waals surface area (Å²) >= 11 is 0. The lowest BCUT2D eigenvalue weighted by Gasteiger charge is -2.34. The number of nitrogens with one attached hydrogen (secondary N) is 1. The quantitative estimate of drug-likeness (QED) is 0.216. The number of carbonyl (C=O) groups is 2. The van der Waals surface area contributed by atoms with Gasteiger partial charge < -0.3 is 20.1 Å². The standard InChI is InChI=1S/C31H36N6O2.C2HF3O2/c1-3-17-32-20-25-11-14-29(33-21-25)26-12-9-24(10-13-26)22-36(27-15-18-39-19-16-27)31(38)30-23(2)34-37(35-30)28-7-5-4-6-8-28;3-2(4,5)1(6)7/h4-14,21,27,32H,3,15-20,22H2,1-2H3;(H,6,7). The Morgan fingerprint density at radius 1 is 1.00 bits per heavy atom. The zero-order valence-corrected chi connectivity index (χ0v) is 25.7. The number of carboxylic acids is 1. The maximum atomic E-state index is 13.9. The molecule has 0 spiro atoms. The summed E-state index contributed by atoms with van der Waals surface area (Å²) in [4.78, 5) is 30.9. The lowest BCUT2D eigenvalue weighted by atomic mass is 10.0. The fourth-order valence-corrected chi connectivity index (χ4v) is 4.84. The number of nitrogens with zero attached hydrogens (tertiary/aromatic N) is 5. The Morgan fingerprint density at radius 2 is 1.65 bits per heavy atom. The van der Waals surface area contributed by atoms with Gasteiger partial charge in [0, 0.05) is 44.1 Å². The Labute approximate surface area is 265 Å². The van der Waals surface area contributed by atoms with Gasteiger partial charge in [-0.25, -0.2) is 4.79 Å². The van der Waals surface area contributed by atoms with Crippen LogP contribution in [0.4, 0.5) is 13.2 Å². The van der Waals surface area contributed by atoms with Crippen molar-refractivity contribution in [3.05, 3.63) is 95.4 Å². The molecule has 2 N–H and O–H groups in total. The third-order valence-electron chi connectivity index (χ3n) is 7.29. The van der Waals surface area contributed by atoms with E-state index in [0.717, 1.165) is 54.9 Å². The van der Waals surface area contributed by atoms with Gasteiger partial charge in [0.25, 0.3) is 5.91 Å². The highest BCUT2D eigenvalue weighted by Gasteiger charge is 2.38. The van der Waals surface area contributed by atoms with Crippen LogP contribution in [0.1, 0.15) is 53.5 Å². The van der Waals surface area contributed by atoms with Crippen LogP contribution < -0.4 is 5.32 Å². The number of aromatic nitrogens is 4. The number of alkyl halides is 3. The van der Waals surface area contributed by atoms with E-state index >= 15 is 0 Å². The molecule has 1 saturated heterocycles. The molecule has 0 atom stereocenters. The van der Waals surface area contributed by atoms with Gasteiger partial charge in [-0.1, -0.05) is 55.5 Å². The molecule has 244 valence electrons. The first-order valence-electron chi connectivity index (χ1n) is 15.0. The number of aryl methyl sites for hydroxylation is 1. The molecule has 2 aromatic heterocycles. The van der Waals surface area contributed by atoms with E-state index in [1.165, 1.54) is 10.4 Å². The number of halogens is 3.